The van der Waals surface area contributed by atoms with Crippen LogP contribution in [0.25, 0.3) is 0 Å². The van der Waals surface area contributed by atoms with Crippen molar-refractivity contribution in [3.05, 3.63) is 0 Å². The second-order valence-electron chi connectivity index (χ2n) is 7.86. The van der Waals surface area contributed by atoms with Crippen molar-refractivity contribution in [2.24, 2.45) is 23.2 Å². The molecule has 2 heteroatoms. The lowest BCUT2D eigenvalue weighted by Gasteiger charge is -2.28. The maximum absolute atomic E-state index is 12.2. The van der Waals surface area contributed by atoms with E-state index in [0.29, 0.717) is 11.8 Å². The van der Waals surface area contributed by atoms with Crippen molar-refractivity contribution >= 4 is 5.91 Å². The summed E-state index contributed by atoms with van der Waals surface area (Å²) in [6.45, 7) is 16.3. The summed E-state index contributed by atoms with van der Waals surface area (Å²) in [5.74, 6) is 1.69. The molecule has 0 saturated heterocycles. The molecule has 0 aromatic heterocycles. The Kier molecular flexibility index (Phi) is 9.16. The summed E-state index contributed by atoms with van der Waals surface area (Å²) in [5, 5.41) is 3.15. The van der Waals surface area contributed by atoms with Gasteiger partial charge in [-0.3, -0.25) is 4.79 Å². The quantitative estimate of drug-likeness (QED) is 0.599. The molecule has 0 rings (SSSR count). The molecule has 2 unspecified atom stereocenters. The van der Waals surface area contributed by atoms with Crippen LogP contribution in [0.4, 0.5) is 0 Å². The lowest BCUT2D eigenvalue weighted by atomic mass is 9.83. The Hall–Kier alpha value is -0.530. The van der Waals surface area contributed by atoms with E-state index in [4.69, 9.17) is 0 Å². The molecular formula is C18H37NO. The maximum atomic E-state index is 12.2. The van der Waals surface area contributed by atoms with Gasteiger partial charge in [-0.15, -0.1) is 0 Å². The molecule has 1 amide bonds. The van der Waals surface area contributed by atoms with Crippen molar-refractivity contribution in [1.82, 2.24) is 5.32 Å². The first-order valence-electron chi connectivity index (χ1n) is 8.45. The summed E-state index contributed by atoms with van der Waals surface area (Å²) in [6.07, 6.45) is 5.92. The fourth-order valence-corrected chi connectivity index (χ4v) is 3.06. The zero-order valence-electron chi connectivity index (χ0n) is 14.9. The SMILES string of the molecule is CCCCC(C)CC(C)C(=O)NCC(C)(C)CC(C)C. The standard InChI is InChI=1S/C18H37NO/c1-8-9-10-15(4)11-16(5)17(20)19-13-18(6,7)12-14(2)3/h14-16H,8-13H2,1-7H3,(H,19,20). The summed E-state index contributed by atoms with van der Waals surface area (Å²) >= 11 is 0. The van der Waals surface area contributed by atoms with E-state index in [9.17, 15) is 4.79 Å². The molecule has 0 aliphatic heterocycles. The minimum absolute atomic E-state index is 0.136. The fraction of sp³-hybridized carbons (Fsp3) is 0.944. The van der Waals surface area contributed by atoms with Crippen LogP contribution in [-0.2, 0) is 4.79 Å². The molecule has 0 heterocycles. The van der Waals surface area contributed by atoms with Crippen molar-refractivity contribution in [3.8, 4) is 0 Å². The van der Waals surface area contributed by atoms with Crippen LogP contribution in [0.15, 0.2) is 0 Å². The van der Waals surface area contributed by atoms with Gasteiger partial charge in [-0.25, -0.2) is 0 Å². The van der Waals surface area contributed by atoms with Gasteiger partial charge in [-0.2, -0.15) is 0 Å². The summed E-state index contributed by atoms with van der Waals surface area (Å²) < 4.78 is 0. The number of nitrogens with one attached hydrogen (secondary N) is 1. The number of carbonyl (C=O) groups is 1. The van der Waals surface area contributed by atoms with Gasteiger partial charge in [0.1, 0.15) is 0 Å². The van der Waals surface area contributed by atoms with Crippen molar-refractivity contribution < 1.29 is 4.79 Å². The molecule has 0 aromatic carbocycles. The summed E-state index contributed by atoms with van der Waals surface area (Å²) in [5.41, 5.74) is 0.192. The highest BCUT2D eigenvalue weighted by Gasteiger charge is 2.22. The molecule has 2 nitrogen and oxygen atoms in total. The lowest BCUT2D eigenvalue weighted by Crippen LogP contribution is -2.37. The number of hydrogen-bond acceptors (Lipinski definition) is 1. The van der Waals surface area contributed by atoms with Gasteiger partial charge in [0.05, 0.1) is 0 Å². The Bertz CT molecular complexity index is 271. The summed E-state index contributed by atoms with van der Waals surface area (Å²) in [7, 11) is 0. The van der Waals surface area contributed by atoms with Crippen molar-refractivity contribution in [1.29, 1.82) is 0 Å². The van der Waals surface area contributed by atoms with Gasteiger partial charge in [0.15, 0.2) is 0 Å². The molecule has 0 bridgehead atoms. The average molecular weight is 284 g/mol. The van der Waals surface area contributed by atoms with Gasteiger partial charge in [0, 0.05) is 12.5 Å². The Morgan fingerprint density at radius 2 is 1.75 bits per heavy atom. The molecule has 0 fully saturated rings. The minimum atomic E-state index is 0.136. The Labute approximate surface area is 127 Å². The second-order valence-corrected chi connectivity index (χ2v) is 7.86. The normalized spacial score (nSPS) is 15.2. The molecule has 20 heavy (non-hydrogen) atoms. The number of amides is 1. The average Bonchev–Trinajstić information content (AvgIpc) is 2.31. The van der Waals surface area contributed by atoms with Crippen molar-refractivity contribution in [3.63, 3.8) is 0 Å². The molecule has 0 spiro atoms. The molecule has 1 N–H and O–H groups in total. The molecular weight excluding hydrogens is 246 g/mol. The van der Waals surface area contributed by atoms with E-state index in [0.717, 1.165) is 19.4 Å². The van der Waals surface area contributed by atoms with Crippen molar-refractivity contribution in [2.75, 3.05) is 6.54 Å². The van der Waals surface area contributed by atoms with Crippen LogP contribution in [-0.4, -0.2) is 12.5 Å². The summed E-state index contributed by atoms with van der Waals surface area (Å²) in [4.78, 5) is 12.2. The van der Waals surface area contributed by atoms with Gasteiger partial charge in [-0.05, 0) is 30.1 Å². The molecule has 0 aliphatic rings. The van der Waals surface area contributed by atoms with Crippen LogP contribution < -0.4 is 5.32 Å². The first-order valence-corrected chi connectivity index (χ1v) is 8.45. The van der Waals surface area contributed by atoms with Gasteiger partial charge >= 0.3 is 0 Å². The molecule has 0 saturated carbocycles. The predicted molar refractivity (Wildman–Crippen MR) is 88.7 cm³/mol. The number of rotatable bonds is 10. The topological polar surface area (TPSA) is 29.1 Å². The first kappa shape index (κ1) is 19.5. The summed E-state index contributed by atoms with van der Waals surface area (Å²) in [6, 6.07) is 0. The van der Waals surface area contributed by atoms with E-state index >= 15 is 0 Å². The Morgan fingerprint density at radius 3 is 2.25 bits per heavy atom. The third-order valence-corrected chi connectivity index (χ3v) is 3.96. The highest BCUT2D eigenvalue weighted by molar-refractivity contribution is 5.78. The van der Waals surface area contributed by atoms with Gasteiger partial charge in [-0.1, -0.05) is 67.7 Å². The van der Waals surface area contributed by atoms with Gasteiger partial charge < -0.3 is 5.32 Å². The van der Waals surface area contributed by atoms with Gasteiger partial charge in [0.2, 0.25) is 5.91 Å². The number of hydrogen-bond donors (Lipinski definition) is 1. The second kappa shape index (κ2) is 9.41. The zero-order chi connectivity index (χ0) is 15.8. The lowest BCUT2D eigenvalue weighted by molar-refractivity contribution is -0.125. The van der Waals surface area contributed by atoms with Crippen LogP contribution in [0, 0.1) is 23.2 Å². The molecule has 120 valence electrons. The molecule has 2 atom stereocenters. The van der Waals surface area contributed by atoms with E-state index in [1.807, 2.05) is 0 Å². The largest absolute Gasteiger partial charge is 0.355 e. The van der Waals surface area contributed by atoms with E-state index in [2.05, 4.69) is 53.8 Å². The van der Waals surface area contributed by atoms with E-state index in [-0.39, 0.29) is 17.2 Å². The first-order chi connectivity index (χ1) is 9.18. The van der Waals surface area contributed by atoms with Gasteiger partial charge in [0.25, 0.3) is 0 Å². The smallest absolute Gasteiger partial charge is 0.222 e. The monoisotopic (exact) mass is 283 g/mol. The molecule has 0 aromatic rings. The molecule has 0 aliphatic carbocycles. The van der Waals surface area contributed by atoms with E-state index < -0.39 is 0 Å². The van der Waals surface area contributed by atoms with Crippen LogP contribution in [0.2, 0.25) is 0 Å². The Balaban J connectivity index is 4.07. The number of unbranched alkanes of at least 4 members (excludes halogenated alkanes) is 1. The van der Waals surface area contributed by atoms with E-state index in [1.165, 1.54) is 19.3 Å². The maximum Gasteiger partial charge on any atom is 0.222 e. The predicted octanol–water partition coefficient (Wildman–Crippen LogP) is 5.03. The highest BCUT2D eigenvalue weighted by atomic mass is 16.1. The minimum Gasteiger partial charge on any atom is -0.355 e. The van der Waals surface area contributed by atoms with Crippen LogP contribution in [0.5, 0.6) is 0 Å². The van der Waals surface area contributed by atoms with Crippen LogP contribution >= 0.6 is 0 Å². The zero-order valence-corrected chi connectivity index (χ0v) is 14.9. The van der Waals surface area contributed by atoms with Crippen molar-refractivity contribution in [2.45, 2.75) is 80.6 Å². The number of carbonyl (C=O) groups excluding carboxylic acids is 1. The Morgan fingerprint density at radius 1 is 1.15 bits per heavy atom. The van der Waals surface area contributed by atoms with E-state index in [1.54, 1.807) is 0 Å². The third kappa shape index (κ3) is 9.39. The fourth-order valence-electron chi connectivity index (χ4n) is 3.06. The highest BCUT2D eigenvalue weighted by Crippen LogP contribution is 2.24. The van der Waals surface area contributed by atoms with Crippen LogP contribution in [0.1, 0.15) is 80.6 Å². The molecule has 0 radical (unpaired) electrons. The third-order valence-electron chi connectivity index (χ3n) is 3.96. The van der Waals surface area contributed by atoms with Crippen LogP contribution in [0.3, 0.4) is 0 Å².